The van der Waals surface area contributed by atoms with Gasteiger partial charge in [-0.25, -0.2) is 0 Å². The van der Waals surface area contributed by atoms with Gasteiger partial charge in [-0.2, -0.15) is 0 Å². The number of benzene rings is 2. The van der Waals surface area contributed by atoms with E-state index >= 15 is 0 Å². The summed E-state index contributed by atoms with van der Waals surface area (Å²) < 4.78 is 28.1. The number of nitrogens with two attached hydrogens (primary N) is 1. The number of halogens is 1. The Morgan fingerprint density at radius 1 is 1.03 bits per heavy atom. The smallest absolute Gasteiger partial charge is 0.258 e. The Kier molecular flexibility index (Phi) is 9.43. The van der Waals surface area contributed by atoms with Gasteiger partial charge >= 0.3 is 0 Å². The molecule has 176 valence electrons. The second-order valence-corrected chi connectivity index (χ2v) is 7.20. The molecule has 0 saturated carbocycles. The molecule has 0 aromatic heterocycles. The molecule has 3 rings (SSSR count). The van der Waals surface area contributed by atoms with E-state index in [1.807, 2.05) is 24.3 Å². The first-order valence-electron chi connectivity index (χ1n) is 10.2. The summed E-state index contributed by atoms with van der Waals surface area (Å²) in [6.45, 7) is 1.70. The number of hydrogen-bond acceptors (Lipinski definition) is 7. The molecule has 1 aliphatic heterocycles. The minimum atomic E-state index is -0.180. The standard InChI is InChI=1S/C23H30N2O6.ClH/c1-27-17-10-12-25(14-17)23(26)18-13-19(21(29-3)22(30-4)20(18)28-2)31-16-7-5-15(6-8-16)9-11-24;/h5-8,13,17H,9-12,14,24H2,1-4H3;1H. The lowest BCUT2D eigenvalue weighted by Crippen LogP contribution is -2.30. The molecule has 8 nitrogen and oxygen atoms in total. The van der Waals surface area contributed by atoms with E-state index in [4.69, 9.17) is 29.4 Å². The van der Waals surface area contributed by atoms with Crippen LogP contribution in [-0.4, -0.2) is 65.0 Å². The first-order chi connectivity index (χ1) is 15.1. The summed E-state index contributed by atoms with van der Waals surface area (Å²) >= 11 is 0. The molecule has 1 unspecified atom stereocenters. The van der Waals surface area contributed by atoms with Crippen molar-refractivity contribution in [3.05, 3.63) is 41.5 Å². The van der Waals surface area contributed by atoms with Gasteiger partial charge in [0.2, 0.25) is 11.5 Å². The van der Waals surface area contributed by atoms with E-state index in [1.54, 1.807) is 18.1 Å². The fourth-order valence-electron chi connectivity index (χ4n) is 3.71. The van der Waals surface area contributed by atoms with Gasteiger partial charge in [0.05, 0.1) is 33.0 Å². The maximum atomic E-state index is 13.3. The minimum absolute atomic E-state index is 0. The highest BCUT2D eigenvalue weighted by Crippen LogP contribution is 2.48. The lowest BCUT2D eigenvalue weighted by molar-refractivity contribution is 0.0720. The molecular formula is C23H31ClN2O6. The third kappa shape index (κ3) is 5.38. The number of rotatable bonds is 9. The van der Waals surface area contributed by atoms with Crippen LogP contribution in [0.1, 0.15) is 22.3 Å². The van der Waals surface area contributed by atoms with Gasteiger partial charge in [-0.3, -0.25) is 4.79 Å². The van der Waals surface area contributed by atoms with Gasteiger partial charge in [-0.05, 0) is 37.1 Å². The molecule has 1 aliphatic rings. The van der Waals surface area contributed by atoms with Crippen molar-refractivity contribution < 1.29 is 28.5 Å². The maximum Gasteiger partial charge on any atom is 0.258 e. The molecule has 0 aliphatic carbocycles. The average Bonchev–Trinajstić information content (AvgIpc) is 3.28. The number of carbonyl (C=O) groups is 1. The number of methoxy groups -OCH3 is 4. The van der Waals surface area contributed by atoms with Gasteiger partial charge < -0.3 is 34.3 Å². The summed E-state index contributed by atoms with van der Waals surface area (Å²) in [4.78, 5) is 15.0. The first-order valence-corrected chi connectivity index (χ1v) is 10.2. The van der Waals surface area contributed by atoms with Crippen LogP contribution in [0.2, 0.25) is 0 Å². The molecule has 0 bridgehead atoms. The van der Waals surface area contributed by atoms with E-state index in [0.29, 0.717) is 53.9 Å². The summed E-state index contributed by atoms with van der Waals surface area (Å²) in [7, 11) is 6.16. The summed E-state index contributed by atoms with van der Waals surface area (Å²) in [6.07, 6.45) is 1.60. The van der Waals surface area contributed by atoms with Crippen LogP contribution < -0.4 is 24.7 Å². The van der Waals surface area contributed by atoms with Gasteiger partial charge in [-0.15, -0.1) is 12.4 Å². The molecule has 1 fully saturated rings. The molecule has 2 N–H and O–H groups in total. The van der Waals surface area contributed by atoms with Gasteiger partial charge in [0.25, 0.3) is 5.91 Å². The van der Waals surface area contributed by atoms with Crippen molar-refractivity contribution in [1.82, 2.24) is 4.90 Å². The zero-order valence-electron chi connectivity index (χ0n) is 18.9. The maximum absolute atomic E-state index is 13.3. The van der Waals surface area contributed by atoms with Crippen LogP contribution in [-0.2, 0) is 11.2 Å². The third-order valence-electron chi connectivity index (χ3n) is 5.35. The number of likely N-dealkylation sites (tertiary alicyclic amines) is 1. The second-order valence-electron chi connectivity index (χ2n) is 7.20. The molecule has 1 heterocycles. The van der Waals surface area contributed by atoms with E-state index in [2.05, 4.69) is 0 Å². The quantitative estimate of drug-likeness (QED) is 0.606. The highest BCUT2D eigenvalue weighted by atomic mass is 35.5. The highest BCUT2D eigenvalue weighted by Gasteiger charge is 2.32. The molecule has 2 aromatic rings. The predicted octanol–water partition coefficient (Wildman–Crippen LogP) is 3.29. The van der Waals surface area contributed by atoms with Crippen LogP contribution in [0.3, 0.4) is 0 Å². The largest absolute Gasteiger partial charge is 0.492 e. The molecule has 0 spiro atoms. The van der Waals surface area contributed by atoms with E-state index in [1.165, 1.54) is 21.3 Å². The summed E-state index contributed by atoms with van der Waals surface area (Å²) in [6, 6.07) is 9.25. The molecule has 1 saturated heterocycles. The lowest BCUT2D eigenvalue weighted by Gasteiger charge is -2.22. The topological polar surface area (TPSA) is 92.5 Å². The number of amides is 1. The lowest BCUT2D eigenvalue weighted by atomic mass is 10.1. The fourth-order valence-corrected chi connectivity index (χ4v) is 3.71. The van der Waals surface area contributed by atoms with E-state index < -0.39 is 0 Å². The van der Waals surface area contributed by atoms with Crippen LogP contribution in [0.15, 0.2) is 30.3 Å². The SMILES string of the molecule is COc1c(Oc2ccc(CCN)cc2)cc(C(=O)N2CCC(OC)C2)c(OC)c1OC.Cl. The Bertz CT molecular complexity index is 906. The van der Waals surface area contributed by atoms with Crippen molar-refractivity contribution >= 4 is 18.3 Å². The molecule has 9 heteroatoms. The van der Waals surface area contributed by atoms with Gasteiger partial charge in [0.1, 0.15) is 5.75 Å². The van der Waals surface area contributed by atoms with Gasteiger partial charge in [-0.1, -0.05) is 12.1 Å². The normalized spacial score (nSPS) is 15.2. The van der Waals surface area contributed by atoms with E-state index in [-0.39, 0.29) is 24.4 Å². The Hall–Kier alpha value is -2.68. The van der Waals surface area contributed by atoms with Crippen LogP contribution in [0.5, 0.6) is 28.7 Å². The monoisotopic (exact) mass is 466 g/mol. The summed E-state index contributed by atoms with van der Waals surface area (Å²) in [5.41, 5.74) is 7.07. The fraction of sp³-hybridized carbons (Fsp3) is 0.435. The van der Waals surface area contributed by atoms with Crippen LogP contribution in [0, 0.1) is 0 Å². The van der Waals surface area contributed by atoms with Crippen LogP contribution >= 0.6 is 12.4 Å². The zero-order chi connectivity index (χ0) is 22.4. The molecule has 0 radical (unpaired) electrons. The van der Waals surface area contributed by atoms with Gasteiger partial charge in [0.15, 0.2) is 11.5 Å². The Morgan fingerprint density at radius 2 is 1.69 bits per heavy atom. The van der Waals surface area contributed by atoms with Gasteiger partial charge in [0, 0.05) is 26.3 Å². The minimum Gasteiger partial charge on any atom is -0.492 e. The van der Waals surface area contributed by atoms with Crippen molar-refractivity contribution in [2.75, 3.05) is 48.1 Å². The average molecular weight is 467 g/mol. The zero-order valence-corrected chi connectivity index (χ0v) is 19.7. The number of nitrogens with zero attached hydrogens (tertiary/aromatic N) is 1. The predicted molar refractivity (Wildman–Crippen MR) is 124 cm³/mol. The number of carbonyl (C=O) groups excluding carboxylic acids is 1. The Labute approximate surface area is 194 Å². The third-order valence-corrected chi connectivity index (χ3v) is 5.35. The van der Waals surface area contributed by atoms with Crippen molar-refractivity contribution in [2.45, 2.75) is 18.9 Å². The molecular weight excluding hydrogens is 436 g/mol. The second kappa shape index (κ2) is 11.8. The van der Waals surface area contributed by atoms with Crippen LogP contribution in [0.4, 0.5) is 0 Å². The van der Waals surface area contributed by atoms with Crippen molar-refractivity contribution in [3.8, 4) is 28.7 Å². The summed E-state index contributed by atoms with van der Waals surface area (Å²) in [5, 5.41) is 0. The Balaban J connectivity index is 0.00000363. The molecule has 2 aromatic carbocycles. The van der Waals surface area contributed by atoms with E-state index in [9.17, 15) is 4.79 Å². The van der Waals surface area contributed by atoms with E-state index in [0.717, 1.165) is 18.4 Å². The first kappa shape index (κ1) is 25.6. The van der Waals surface area contributed by atoms with Crippen LogP contribution in [0.25, 0.3) is 0 Å². The van der Waals surface area contributed by atoms with Crippen molar-refractivity contribution in [1.29, 1.82) is 0 Å². The number of ether oxygens (including phenoxy) is 5. The van der Waals surface area contributed by atoms with Crippen molar-refractivity contribution in [3.63, 3.8) is 0 Å². The summed E-state index contributed by atoms with van der Waals surface area (Å²) in [5.74, 6) is 1.73. The Morgan fingerprint density at radius 3 is 2.22 bits per heavy atom. The molecule has 1 amide bonds. The number of hydrogen-bond donors (Lipinski definition) is 1. The molecule has 1 atom stereocenters. The van der Waals surface area contributed by atoms with Crippen molar-refractivity contribution in [2.24, 2.45) is 5.73 Å². The highest BCUT2D eigenvalue weighted by molar-refractivity contribution is 5.99. The molecule has 32 heavy (non-hydrogen) atoms.